The van der Waals surface area contributed by atoms with Crippen molar-refractivity contribution in [1.29, 1.82) is 0 Å². The average molecular weight is 497 g/mol. The summed E-state index contributed by atoms with van der Waals surface area (Å²) in [4.78, 5) is 24.3. The van der Waals surface area contributed by atoms with Crippen molar-refractivity contribution in [3.63, 3.8) is 0 Å². The van der Waals surface area contributed by atoms with E-state index in [1.54, 1.807) is 0 Å². The van der Waals surface area contributed by atoms with Gasteiger partial charge in [-0.15, -0.1) is 0 Å². The Hall–Kier alpha value is -2.96. The fourth-order valence-corrected chi connectivity index (χ4v) is 4.72. The maximum absolute atomic E-state index is 13.0. The Balaban J connectivity index is 0.000000344. The van der Waals surface area contributed by atoms with Crippen LogP contribution in [0.15, 0.2) is 41.9 Å². The summed E-state index contributed by atoms with van der Waals surface area (Å²) in [5, 5.41) is 9.95. The molecular weight excluding hydrogens is 475 g/mol. The van der Waals surface area contributed by atoms with Gasteiger partial charge in [0.15, 0.2) is 5.82 Å². The molecule has 2 atom stereocenters. The number of ether oxygens (including phenoxy) is 2. The number of piperidine rings is 1. The molecule has 2 fully saturated rings. The van der Waals surface area contributed by atoms with Gasteiger partial charge >= 0.3 is 18.1 Å². The van der Waals surface area contributed by atoms with E-state index >= 15 is 0 Å². The largest absolute Gasteiger partial charge is 0.490 e. The number of nitrogens with zero attached hydrogens (tertiary/aromatic N) is 3. The molecule has 2 aliphatic heterocycles. The first-order chi connectivity index (χ1) is 16.1. The Labute approximate surface area is 196 Å². The monoisotopic (exact) mass is 497 g/mol. The number of rotatable bonds is 3. The molecule has 0 amide bonds. The molecular formula is C22H22F3N3O5S. The van der Waals surface area contributed by atoms with Crippen molar-refractivity contribution < 1.29 is 37.3 Å². The normalized spacial score (nSPS) is 22.6. The van der Waals surface area contributed by atoms with E-state index in [0.717, 1.165) is 29.6 Å². The topological polar surface area (TPSA) is 93.9 Å². The number of aromatic nitrogens is 2. The number of fused-ring (bicyclic) bond motifs is 3. The van der Waals surface area contributed by atoms with Crippen molar-refractivity contribution >= 4 is 34.4 Å². The third-order valence-electron chi connectivity index (χ3n) is 5.96. The Bertz CT molecular complexity index is 1150. The lowest BCUT2D eigenvalue weighted by Crippen LogP contribution is -2.56. The first-order valence-corrected chi connectivity index (χ1v) is 11.3. The molecule has 2 aromatic heterocycles. The molecule has 3 aromatic rings. The summed E-state index contributed by atoms with van der Waals surface area (Å²) < 4.78 is 49.7. The number of esters is 1. The second kappa shape index (κ2) is 9.72. The van der Waals surface area contributed by atoms with Crippen molar-refractivity contribution in [3.8, 4) is 5.82 Å². The predicted octanol–water partition coefficient (Wildman–Crippen LogP) is 3.74. The van der Waals surface area contributed by atoms with E-state index in [2.05, 4.69) is 16.3 Å². The lowest BCUT2D eigenvalue weighted by Gasteiger charge is -2.46. The number of benzene rings is 1. The third-order valence-corrected chi connectivity index (χ3v) is 6.51. The van der Waals surface area contributed by atoms with Crippen molar-refractivity contribution in [2.24, 2.45) is 0 Å². The maximum Gasteiger partial charge on any atom is 0.490 e. The number of carboxylic acids is 1. The van der Waals surface area contributed by atoms with Gasteiger partial charge in [0.2, 0.25) is 0 Å². The van der Waals surface area contributed by atoms with Gasteiger partial charge in [-0.3, -0.25) is 9.47 Å². The van der Waals surface area contributed by atoms with Crippen molar-refractivity contribution in [2.45, 2.75) is 37.2 Å². The van der Waals surface area contributed by atoms with Crippen LogP contribution in [0.1, 0.15) is 23.2 Å². The third kappa shape index (κ3) is 5.08. The molecule has 2 bridgehead atoms. The summed E-state index contributed by atoms with van der Waals surface area (Å²) in [7, 11) is 2.14. The summed E-state index contributed by atoms with van der Waals surface area (Å²) in [6.07, 6.45) is -1.65. The number of carbonyl (C=O) groups is 2. The number of carboxylic acid groups (broad SMARTS) is 1. The fourth-order valence-electron chi connectivity index (χ4n) is 4.22. The first kappa shape index (κ1) is 24.2. The molecule has 1 aromatic carbocycles. The average Bonchev–Trinajstić information content (AvgIpc) is 3.42. The molecule has 4 heterocycles. The predicted molar refractivity (Wildman–Crippen MR) is 117 cm³/mol. The summed E-state index contributed by atoms with van der Waals surface area (Å²) in [6, 6.07) is 10.5. The van der Waals surface area contributed by atoms with E-state index in [-0.39, 0.29) is 12.1 Å². The lowest BCUT2D eigenvalue weighted by atomic mass is 9.92. The Morgan fingerprint density at radius 3 is 2.41 bits per heavy atom. The van der Waals surface area contributed by atoms with Gasteiger partial charge in [0, 0.05) is 41.9 Å². The van der Waals surface area contributed by atoms with E-state index < -0.39 is 12.1 Å². The molecule has 5 rings (SSSR count). The maximum atomic E-state index is 13.0. The minimum atomic E-state index is -5.08. The number of para-hydroxylation sites is 1. The molecule has 0 radical (unpaired) electrons. The van der Waals surface area contributed by atoms with E-state index in [9.17, 15) is 18.0 Å². The van der Waals surface area contributed by atoms with Crippen molar-refractivity contribution in [3.05, 3.63) is 47.5 Å². The van der Waals surface area contributed by atoms with Gasteiger partial charge in [0.05, 0.1) is 24.3 Å². The number of alkyl halides is 3. The number of morpholine rings is 1. The minimum absolute atomic E-state index is 0.0611. The van der Waals surface area contributed by atoms with Crippen LogP contribution in [0, 0.1) is 0 Å². The summed E-state index contributed by atoms with van der Waals surface area (Å²) >= 11 is 1.40. The molecule has 2 saturated heterocycles. The van der Waals surface area contributed by atoms with Crippen LogP contribution in [-0.2, 0) is 14.3 Å². The van der Waals surface area contributed by atoms with Gasteiger partial charge in [0.25, 0.3) is 0 Å². The highest BCUT2D eigenvalue weighted by molar-refractivity contribution is 7.03. The standard InChI is InChI=1S/C20H21N3O3S.C2HF3O2/c1-22-13-8-15(9-14(22)12-25-11-13)26-20(24)17-10-23(19-6-7-27-21-19)18-5-3-2-4-16(17)18;3-2(4,5)1(6)7/h2-7,10,13-15H,8-9,11-12H2,1H3;(H,6,7). The molecule has 0 aliphatic carbocycles. The Morgan fingerprint density at radius 2 is 1.82 bits per heavy atom. The van der Waals surface area contributed by atoms with Crippen LogP contribution >= 0.6 is 11.5 Å². The van der Waals surface area contributed by atoms with Crippen LogP contribution in [0.2, 0.25) is 0 Å². The SMILES string of the molecule is CN1C2COCC1CC(OC(=O)c1cn(-c3ccsn3)c3ccccc13)C2.O=C(O)C(F)(F)F. The molecule has 2 unspecified atom stereocenters. The number of aliphatic carboxylic acids is 1. The minimum Gasteiger partial charge on any atom is -0.475 e. The highest BCUT2D eigenvalue weighted by Crippen LogP contribution is 2.30. The smallest absolute Gasteiger partial charge is 0.475 e. The van der Waals surface area contributed by atoms with E-state index in [1.165, 1.54) is 11.5 Å². The fraction of sp³-hybridized carbons (Fsp3) is 0.409. The molecule has 0 saturated carbocycles. The van der Waals surface area contributed by atoms with Crippen LogP contribution in [0.5, 0.6) is 0 Å². The quantitative estimate of drug-likeness (QED) is 0.551. The summed E-state index contributed by atoms with van der Waals surface area (Å²) in [5.41, 5.74) is 1.56. The Morgan fingerprint density at radius 1 is 1.18 bits per heavy atom. The first-order valence-electron chi connectivity index (χ1n) is 10.5. The molecule has 12 heteroatoms. The number of halogens is 3. The summed E-state index contributed by atoms with van der Waals surface area (Å²) in [6.45, 7) is 1.42. The molecule has 34 heavy (non-hydrogen) atoms. The molecule has 2 aliphatic rings. The molecule has 1 N–H and O–H groups in total. The highest BCUT2D eigenvalue weighted by atomic mass is 32.1. The lowest BCUT2D eigenvalue weighted by molar-refractivity contribution is -0.192. The second-order valence-corrected chi connectivity index (χ2v) is 8.77. The van der Waals surface area contributed by atoms with E-state index in [1.807, 2.05) is 46.5 Å². The van der Waals surface area contributed by atoms with Crippen LogP contribution in [0.4, 0.5) is 13.2 Å². The van der Waals surface area contributed by atoms with Gasteiger partial charge < -0.3 is 14.6 Å². The van der Waals surface area contributed by atoms with Gasteiger partial charge in [-0.1, -0.05) is 18.2 Å². The molecule has 8 nitrogen and oxygen atoms in total. The van der Waals surface area contributed by atoms with Crippen LogP contribution < -0.4 is 0 Å². The second-order valence-electron chi connectivity index (χ2n) is 8.10. The zero-order chi connectivity index (χ0) is 24.5. The van der Waals surface area contributed by atoms with Crippen LogP contribution in [0.3, 0.4) is 0 Å². The molecule has 182 valence electrons. The van der Waals surface area contributed by atoms with Gasteiger partial charge in [-0.05, 0) is 30.7 Å². The van der Waals surface area contributed by atoms with Crippen LogP contribution in [-0.4, -0.2) is 75.5 Å². The van der Waals surface area contributed by atoms with E-state index in [4.69, 9.17) is 19.4 Å². The van der Waals surface area contributed by atoms with Crippen molar-refractivity contribution in [2.75, 3.05) is 20.3 Å². The van der Waals surface area contributed by atoms with Crippen molar-refractivity contribution in [1.82, 2.24) is 13.8 Å². The van der Waals surface area contributed by atoms with Gasteiger partial charge in [0.1, 0.15) is 6.10 Å². The zero-order valence-electron chi connectivity index (χ0n) is 18.1. The van der Waals surface area contributed by atoms with Gasteiger partial charge in [-0.25, -0.2) is 9.59 Å². The van der Waals surface area contributed by atoms with Gasteiger partial charge in [-0.2, -0.15) is 17.5 Å². The highest BCUT2D eigenvalue weighted by Gasteiger charge is 2.39. The number of hydrogen-bond acceptors (Lipinski definition) is 7. The van der Waals surface area contributed by atoms with E-state index in [0.29, 0.717) is 30.9 Å². The number of likely N-dealkylation sites (N-methyl/N-ethyl adjacent to an activating group) is 1. The van der Waals surface area contributed by atoms with Crippen LogP contribution in [0.25, 0.3) is 16.7 Å². The molecule has 0 spiro atoms. The number of hydrogen-bond donors (Lipinski definition) is 1. The number of carbonyl (C=O) groups excluding carboxylic acids is 1. The summed E-state index contributed by atoms with van der Waals surface area (Å²) in [5.74, 6) is -2.19. The zero-order valence-corrected chi connectivity index (χ0v) is 18.9. The Kier molecular flexibility index (Phi) is 6.91.